The zero-order valence-corrected chi connectivity index (χ0v) is 13.6. The van der Waals surface area contributed by atoms with E-state index >= 15 is 0 Å². The Kier molecular flexibility index (Phi) is 8.51. The van der Waals surface area contributed by atoms with Crippen molar-refractivity contribution in [2.45, 2.75) is 40.0 Å². The highest BCUT2D eigenvalue weighted by molar-refractivity contribution is 5.92. The van der Waals surface area contributed by atoms with Crippen LogP contribution in [0.2, 0.25) is 0 Å². The SMILES string of the molecule is CCCCCNCC(=O)Nc1ccc(N(CC)CC)cc1. The average molecular weight is 291 g/mol. The zero-order valence-electron chi connectivity index (χ0n) is 13.6. The minimum atomic E-state index is 0.0158. The Hall–Kier alpha value is -1.55. The Morgan fingerprint density at radius 2 is 1.71 bits per heavy atom. The van der Waals surface area contributed by atoms with Gasteiger partial charge in [0, 0.05) is 24.5 Å². The molecule has 0 aromatic heterocycles. The predicted octanol–water partition coefficient (Wildman–Crippen LogP) is 3.25. The molecule has 0 fully saturated rings. The van der Waals surface area contributed by atoms with Crippen LogP contribution in [0.4, 0.5) is 11.4 Å². The summed E-state index contributed by atoms with van der Waals surface area (Å²) in [7, 11) is 0. The van der Waals surface area contributed by atoms with Gasteiger partial charge >= 0.3 is 0 Å². The van der Waals surface area contributed by atoms with Gasteiger partial charge in [-0.25, -0.2) is 0 Å². The molecule has 0 unspecified atom stereocenters. The fourth-order valence-corrected chi connectivity index (χ4v) is 2.25. The highest BCUT2D eigenvalue weighted by Gasteiger charge is 2.04. The lowest BCUT2D eigenvalue weighted by Crippen LogP contribution is -2.28. The van der Waals surface area contributed by atoms with Gasteiger partial charge < -0.3 is 15.5 Å². The first-order valence-corrected chi connectivity index (χ1v) is 8.06. The molecule has 1 rings (SSSR count). The fourth-order valence-electron chi connectivity index (χ4n) is 2.25. The summed E-state index contributed by atoms with van der Waals surface area (Å²) >= 11 is 0. The van der Waals surface area contributed by atoms with Crippen LogP contribution >= 0.6 is 0 Å². The van der Waals surface area contributed by atoms with Crippen molar-refractivity contribution in [1.29, 1.82) is 0 Å². The van der Waals surface area contributed by atoms with Crippen LogP contribution in [0.1, 0.15) is 40.0 Å². The van der Waals surface area contributed by atoms with Crippen LogP contribution in [0.15, 0.2) is 24.3 Å². The maximum atomic E-state index is 11.8. The number of amides is 1. The van der Waals surface area contributed by atoms with E-state index in [1.165, 1.54) is 18.5 Å². The Balaban J connectivity index is 2.36. The second-order valence-electron chi connectivity index (χ2n) is 5.15. The van der Waals surface area contributed by atoms with E-state index < -0.39 is 0 Å². The molecule has 21 heavy (non-hydrogen) atoms. The molecule has 0 aliphatic carbocycles. The van der Waals surface area contributed by atoms with E-state index in [0.29, 0.717) is 6.54 Å². The van der Waals surface area contributed by atoms with Crippen molar-refractivity contribution in [3.63, 3.8) is 0 Å². The number of hydrogen-bond acceptors (Lipinski definition) is 3. The van der Waals surface area contributed by atoms with Crippen molar-refractivity contribution < 1.29 is 4.79 Å². The Morgan fingerprint density at radius 1 is 1.05 bits per heavy atom. The minimum absolute atomic E-state index is 0.0158. The smallest absolute Gasteiger partial charge is 0.238 e. The Bertz CT molecular complexity index is 399. The van der Waals surface area contributed by atoms with Gasteiger partial charge in [0.15, 0.2) is 0 Å². The Morgan fingerprint density at radius 3 is 2.29 bits per heavy atom. The average Bonchev–Trinajstić information content (AvgIpc) is 2.50. The number of rotatable bonds is 10. The maximum absolute atomic E-state index is 11.8. The summed E-state index contributed by atoms with van der Waals surface area (Å²) in [4.78, 5) is 14.1. The number of unbranched alkanes of at least 4 members (excludes halogenated alkanes) is 2. The van der Waals surface area contributed by atoms with Crippen LogP contribution in [0, 0.1) is 0 Å². The molecule has 4 nitrogen and oxygen atoms in total. The third kappa shape index (κ3) is 6.63. The number of carbonyl (C=O) groups is 1. The summed E-state index contributed by atoms with van der Waals surface area (Å²) in [6.45, 7) is 9.72. The number of benzene rings is 1. The summed E-state index contributed by atoms with van der Waals surface area (Å²) in [6, 6.07) is 8.03. The van der Waals surface area contributed by atoms with Gasteiger partial charge in [-0.2, -0.15) is 0 Å². The first-order valence-electron chi connectivity index (χ1n) is 8.06. The zero-order chi connectivity index (χ0) is 15.5. The van der Waals surface area contributed by atoms with Gasteiger partial charge in [0.2, 0.25) is 5.91 Å². The molecule has 0 saturated heterocycles. The highest BCUT2D eigenvalue weighted by Crippen LogP contribution is 2.17. The summed E-state index contributed by atoms with van der Waals surface area (Å²) in [5.74, 6) is 0.0158. The molecule has 4 heteroatoms. The third-order valence-electron chi connectivity index (χ3n) is 3.52. The normalized spacial score (nSPS) is 10.4. The van der Waals surface area contributed by atoms with Crippen molar-refractivity contribution in [3.05, 3.63) is 24.3 Å². The third-order valence-corrected chi connectivity index (χ3v) is 3.52. The molecule has 118 valence electrons. The largest absolute Gasteiger partial charge is 0.372 e. The second kappa shape index (κ2) is 10.2. The van der Waals surface area contributed by atoms with Crippen molar-refractivity contribution in [2.75, 3.05) is 36.4 Å². The first-order chi connectivity index (χ1) is 10.2. The first kappa shape index (κ1) is 17.5. The number of hydrogen-bond donors (Lipinski definition) is 2. The molecule has 0 aliphatic heterocycles. The van der Waals surface area contributed by atoms with E-state index in [0.717, 1.165) is 31.7 Å². The maximum Gasteiger partial charge on any atom is 0.238 e. The van der Waals surface area contributed by atoms with E-state index in [2.05, 4.69) is 48.4 Å². The quantitative estimate of drug-likeness (QED) is 0.650. The highest BCUT2D eigenvalue weighted by atomic mass is 16.1. The molecule has 0 radical (unpaired) electrons. The van der Waals surface area contributed by atoms with Crippen LogP contribution in [0.25, 0.3) is 0 Å². The van der Waals surface area contributed by atoms with E-state index in [1.807, 2.05) is 12.1 Å². The number of anilines is 2. The molecular formula is C17H29N3O. The van der Waals surface area contributed by atoms with E-state index in [4.69, 9.17) is 0 Å². The Labute approximate surface area is 128 Å². The predicted molar refractivity (Wildman–Crippen MR) is 91.0 cm³/mol. The monoisotopic (exact) mass is 291 g/mol. The van der Waals surface area contributed by atoms with Gasteiger partial charge in [-0.1, -0.05) is 19.8 Å². The van der Waals surface area contributed by atoms with Gasteiger partial charge in [-0.15, -0.1) is 0 Å². The molecular weight excluding hydrogens is 262 g/mol. The van der Waals surface area contributed by atoms with E-state index in [9.17, 15) is 4.79 Å². The van der Waals surface area contributed by atoms with Gasteiger partial charge in [0.1, 0.15) is 0 Å². The molecule has 0 heterocycles. The second-order valence-corrected chi connectivity index (χ2v) is 5.15. The molecule has 1 aromatic rings. The van der Waals surface area contributed by atoms with E-state index in [1.54, 1.807) is 0 Å². The van der Waals surface area contributed by atoms with Crippen molar-refractivity contribution in [1.82, 2.24) is 5.32 Å². The summed E-state index contributed by atoms with van der Waals surface area (Å²) < 4.78 is 0. The minimum Gasteiger partial charge on any atom is -0.372 e. The number of carbonyl (C=O) groups excluding carboxylic acids is 1. The summed E-state index contributed by atoms with van der Waals surface area (Å²) in [5.41, 5.74) is 2.04. The molecule has 0 aliphatic rings. The summed E-state index contributed by atoms with van der Waals surface area (Å²) in [6.07, 6.45) is 3.54. The topological polar surface area (TPSA) is 44.4 Å². The van der Waals surface area contributed by atoms with Crippen LogP contribution in [-0.2, 0) is 4.79 Å². The van der Waals surface area contributed by atoms with Crippen molar-refractivity contribution >= 4 is 17.3 Å². The molecule has 1 aromatic carbocycles. The van der Waals surface area contributed by atoms with Crippen LogP contribution < -0.4 is 15.5 Å². The van der Waals surface area contributed by atoms with Gasteiger partial charge in [0.25, 0.3) is 0 Å². The molecule has 1 amide bonds. The van der Waals surface area contributed by atoms with Crippen molar-refractivity contribution in [2.24, 2.45) is 0 Å². The van der Waals surface area contributed by atoms with Gasteiger partial charge in [-0.3, -0.25) is 4.79 Å². The lowest BCUT2D eigenvalue weighted by atomic mass is 10.2. The molecule has 0 spiro atoms. The number of nitrogens with one attached hydrogen (secondary N) is 2. The van der Waals surface area contributed by atoms with Crippen LogP contribution in [0.5, 0.6) is 0 Å². The molecule has 2 N–H and O–H groups in total. The molecule has 0 bridgehead atoms. The van der Waals surface area contributed by atoms with Crippen molar-refractivity contribution in [3.8, 4) is 0 Å². The van der Waals surface area contributed by atoms with Gasteiger partial charge in [-0.05, 0) is 51.1 Å². The fraction of sp³-hybridized carbons (Fsp3) is 0.588. The lowest BCUT2D eigenvalue weighted by Gasteiger charge is -2.21. The standard InChI is InChI=1S/C17H29N3O/c1-4-7-8-13-18-14-17(21)19-15-9-11-16(12-10-15)20(5-2)6-3/h9-12,18H,4-8,13-14H2,1-3H3,(H,19,21). The lowest BCUT2D eigenvalue weighted by molar-refractivity contribution is -0.115. The van der Waals surface area contributed by atoms with E-state index in [-0.39, 0.29) is 5.91 Å². The van der Waals surface area contributed by atoms with Gasteiger partial charge in [0.05, 0.1) is 6.54 Å². The summed E-state index contributed by atoms with van der Waals surface area (Å²) in [5, 5.41) is 6.08. The number of nitrogens with zero attached hydrogens (tertiary/aromatic N) is 1. The van der Waals surface area contributed by atoms with Crippen LogP contribution in [-0.4, -0.2) is 32.1 Å². The van der Waals surface area contributed by atoms with Crippen LogP contribution in [0.3, 0.4) is 0 Å². The molecule has 0 atom stereocenters. The molecule has 0 saturated carbocycles.